The van der Waals surface area contributed by atoms with Crippen LogP contribution in [0.15, 0.2) is 41.1 Å². The zero-order valence-corrected chi connectivity index (χ0v) is 15.1. The van der Waals surface area contributed by atoms with Crippen LogP contribution in [-0.4, -0.2) is 39.9 Å². The Bertz CT molecular complexity index is 928. The van der Waals surface area contributed by atoms with Gasteiger partial charge in [0.15, 0.2) is 0 Å². The van der Waals surface area contributed by atoms with Crippen molar-refractivity contribution < 1.29 is 14.1 Å². The van der Waals surface area contributed by atoms with Crippen LogP contribution in [0.3, 0.4) is 0 Å². The second-order valence-corrected chi connectivity index (χ2v) is 6.44. The predicted molar refractivity (Wildman–Crippen MR) is 97.3 cm³/mol. The van der Waals surface area contributed by atoms with Crippen molar-refractivity contribution in [3.63, 3.8) is 0 Å². The molecule has 3 aromatic rings. The van der Waals surface area contributed by atoms with Gasteiger partial charge in [-0.15, -0.1) is 0 Å². The van der Waals surface area contributed by atoms with Gasteiger partial charge in [-0.1, -0.05) is 23.4 Å². The van der Waals surface area contributed by atoms with Crippen LogP contribution in [0.4, 0.5) is 0 Å². The van der Waals surface area contributed by atoms with Gasteiger partial charge < -0.3 is 19.7 Å². The van der Waals surface area contributed by atoms with E-state index in [0.29, 0.717) is 24.4 Å². The molecule has 2 N–H and O–H groups in total. The minimum Gasteiger partial charge on any atom is -0.361 e. The Morgan fingerprint density at radius 3 is 2.81 bits per heavy atom. The molecule has 7 nitrogen and oxygen atoms in total. The molecule has 2 heterocycles. The number of hydrogen-bond donors (Lipinski definition) is 2. The summed E-state index contributed by atoms with van der Waals surface area (Å²) in [6.07, 6.45) is 2.29. The molecule has 0 aliphatic rings. The number of aromatic amines is 1. The van der Waals surface area contributed by atoms with Crippen LogP contribution in [0.1, 0.15) is 23.9 Å². The van der Waals surface area contributed by atoms with Crippen molar-refractivity contribution in [2.45, 2.75) is 32.9 Å². The van der Waals surface area contributed by atoms with Gasteiger partial charge in [-0.25, -0.2) is 0 Å². The van der Waals surface area contributed by atoms with E-state index < -0.39 is 6.04 Å². The summed E-state index contributed by atoms with van der Waals surface area (Å²) in [5, 5.41) is 7.73. The number of benzene rings is 1. The molecule has 26 heavy (non-hydrogen) atoms. The molecule has 2 aromatic heterocycles. The number of carbonyl (C=O) groups is 2. The highest BCUT2D eigenvalue weighted by Crippen LogP contribution is 2.19. The molecule has 2 amide bonds. The molecule has 0 bridgehead atoms. The van der Waals surface area contributed by atoms with Crippen LogP contribution >= 0.6 is 0 Å². The molecule has 3 rings (SSSR count). The molecule has 0 unspecified atom stereocenters. The summed E-state index contributed by atoms with van der Waals surface area (Å²) in [5.41, 5.74) is 2.66. The highest BCUT2D eigenvalue weighted by Gasteiger charge is 2.25. The molecule has 1 aromatic carbocycles. The van der Waals surface area contributed by atoms with Gasteiger partial charge in [-0.05, 0) is 18.6 Å². The second-order valence-electron chi connectivity index (χ2n) is 6.44. The minimum atomic E-state index is -0.648. The predicted octanol–water partition coefficient (Wildman–Crippen LogP) is 2.17. The van der Waals surface area contributed by atoms with Crippen LogP contribution in [0.2, 0.25) is 0 Å². The largest absolute Gasteiger partial charge is 0.361 e. The van der Waals surface area contributed by atoms with Gasteiger partial charge in [0.05, 0.1) is 6.54 Å². The lowest BCUT2D eigenvalue weighted by molar-refractivity contribution is -0.135. The second kappa shape index (κ2) is 7.43. The number of carbonyl (C=O) groups excluding carboxylic acids is 2. The highest BCUT2D eigenvalue weighted by atomic mass is 16.5. The van der Waals surface area contributed by atoms with Gasteiger partial charge in [0.1, 0.15) is 17.5 Å². The van der Waals surface area contributed by atoms with Crippen LogP contribution in [0, 0.1) is 6.92 Å². The van der Waals surface area contributed by atoms with Crippen molar-refractivity contribution in [1.29, 1.82) is 0 Å². The fourth-order valence-electron chi connectivity index (χ4n) is 3.05. The molecule has 0 saturated carbocycles. The van der Waals surface area contributed by atoms with Crippen LogP contribution in [0.5, 0.6) is 0 Å². The maximum atomic E-state index is 12.9. The van der Waals surface area contributed by atoms with Crippen LogP contribution in [-0.2, 0) is 22.6 Å². The third kappa shape index (κ3) is 3.93. The van der Waals surface area contributed by atoms with Crippen molar-refractivity contribution >= 4 is 22.7 Å². The van der Waals surface area contributed by atoms with E-state index in [1.165, 1.54) is 6.92 Å². The van der Waals surface area contributed by atoms with Gasteiger partial charge >= 0.3 is 0 Å². The van der Waals surface area contributed by atoms with Crippen molar-refractivity contribution in [2.24, 2.45) is 0 Å². The van der Waals surface area contributed by atoms with Crippen LogP contribution in [0.25, 0.3) is 10.9 Å². The number of H-pyrrole nitrogens is 1. The van der Waals surface area contributed by atoms with Gasteiger partial charge in [0, 0.05) is 43.6 Å². The Kier molecular flexibility index (Phi) is 5.06. The fraction of sp³-hybridized carbons (Fsp3) is 0.316. The summed E-state index contributed by atoms with van der Waals surface area (Å²) in [7, 11) is 1.69. The zero-order chi connectivity index (χ0) is 18.7. The first-order valence-electron chi connectivity index (χ1n) is 8.43. The van der Waals surface area contributed by atoms with E-state index in [0.717, 1.165) is 16.5 Å². The van der Waals surface area contributed by atoms with Crippen molar-refractivity contribution in [3.05, 3.63) is 53.5 Å². The van der Waals surface area contributed by atoms with Crippen molar-refractivity contribution in [3.8, 4) is 0 Å². The fourth-order valence-corrected chi connectivity index (χ4v) is 3.05. The maximum Gasteiger partial charge on any atom is 0.245 e. The van der Waals surface area contributed by atoms with Gasteiger partial charge in [-0.2, -0.15) is 0 Å². The third-order valence-electron chi connectivity index (χ3n) is 4.23. The molecule has 1 atom stereocenters. The highest BCUT2D eigenvalue weighted by molar-refractivity contribution is 5.89. The number of likely N-dealkylation sites (N-methyl/N-ethyl adjacent to an activating group) is 1. The first kappa shape index (κ1) is 17.7. The van der Waals surface area contributed by atoms with Crippen LogP contribution < -0.4 is 5.32 Å². The number of aromatic nitrogens is 2. The van der Waals surface area contributed by atoms with E-state index in [1.807, 2.05) is 30.5 Å². The SMILES string of the molecule is CC(=O)N[C@H](Cc1c[nH]c2ccccc12)C(=O)N(C)Cc1cc(C)on1. The van der Waals surface area contributed by atoms with E-state index in [2.05, 4.69) is 15.5 Å². The van der Waals surface area contributed by atoms with E-state index in [9.17, 15) is 9.59 Å². The lowest BCUT2D eigenvalue weighted by atomic mass is 10.0. The number of fused-ring (bicyclic) bond motifs is 1. The number of aryl methyl sites for hydroxylation is 1. The molecule has 0 fully saturated rings. The first-order chi connectivity index (χ1) is 12.4. The number of nitrogens with one attached hydrogen (secondary N) is 2. The molecule has 136 valence electrons. The summed E-state index contributed by atoms with van der Waals surface area (Å²) in [6, 6.07) is 9.02. The number of amides is 2. The molecule has 0 spiro atoms. The topological polar surface area (TPSA) is 91.2 Å². The maximum absolute atomic E-state index is 12.9. The molecule has 7 heteroatoms. The van der Waals surface area contributed by atoms with Gasteiger partial charge in [0.25, 0.3) is 0 Å². The zero-order valence-electron chi connectivity index (χ0n) is 15.1. The van der Waals surface area contributed by atoms with Gasteiger partial charge in [-0.3, -0.25) is 9.59 Å². The average molecular weight is 354 g/mol. The number of rotatable bonds is 6. The van der Waals surface area contributed by atoms with E-state index >= 15 is 0 Å². The Labute approximate surface area is 151 Å². The van der Waals surface area contributed by atoms with Gasteiger partial charge in [0.2, 0.25) is 11.8 Å². The van der Waals surface area contributed by atoms with E-state index in [4.69, 9.17) is 4.52 Å². The average Bonchev–Trinajstić information content (AvgIpc) is 3.19. The first-order valence-corrected chi connectivity index (χ1v) is 8.43. The standard InChI is InChI=1S/C19H22N4O3/c1-12-8-15(22-26-12)11-23(3)19(25)18(21-13(2)24)9-14-10-20-17-7-5-4-6-16(14)17/h4-8,10,18,20H,9,11H2,1-3H3,(H,21,24)/t18-/m1/s1. The molecule has 0 aliphatic carbocycles. The number of nitrogens with zero attached hydrogens (tertiary/aromatic N) is 2. The normalized spacial score (nSPS) is 12.1. The van der Waals surface area contributed by atoms with E-state index in [-0.39, 0.29) is 11.8 Å². The monoisotopic (exact) mass is 354 g/mol. The van der Waals surface area contributed by atoms with E-state index in [1.54, 1.807) is 24.9 Å². The summed E-state index contributed by atoms with van der Waals surface area (Å²) in [5.74, 6) is 0.276. The Balaban J connectivity index is 1.78. The summed E-state index contributed by atoms with van der Waals surface area (Å²) < 4.78 is 5.04. The Morgan fingerprint density at radius 1 is 1.35 bits per heavy atom. The summed E-state index contributed by atoms with van der Waals surface area (Å²) in [4.78, 5) is 29.3. The Morgan fingerprint density at radius 2 is 2.12 bits per heavy atom. The quantitative estimate of drug-likeness (QED) is 0.710. The molecule has 0 saturated heterocycles. The molecule has 0 aliphatic heterocycles. The minimum absolute atomic E-state index is 0.175. The summed E-state index contributed by atoms with van der Waals surface area (Å²) in [6.45, 7) is 3.53. The summed E-state index contributed by atoms with van der Waals surface area (Å²) >= 11 is 0. The molecule has 0 radical (unpaired) electrons. The Hall–Kier alpha value is -3.09. The lowest BCUT2D eigenvalue weighted by Gasteiger charge is -2.23. The lowest BCUT2D eigenvalue weighted by Crippen LogP contribution is -2.47. The number of hydrogen-bond acceptors (Lipinski definition) is 4. The smallest absolute Gasteiger partial charge is 0.245 e. The molecular formula is C19H22N4O3. The third-order valence-corrected chi connectivity index (χ3v) is 4.23. The van der Waals surface area contributed by atoms with Crippen molar-refractivity contribution in [2.75, 3.05) is 7.05 Å². The van der Waals surface area contributed by atoms with Crippen molar-refractivity contribution in [1.82, 2.24) is 20.4 Å². The molecular weight excluding hydrogens is 332 g/mol. The number of para-hydroxylation sites is 1.